The SMILES string of the molecule is CCc1cccc(SC=O)c1COc1cc(C)ccc1C. The van der Waals surface area contributed by atoms with Crippen molar-refractivity contribution in [2.24, 2.45) is 0 Å². The molecule has 2 nitrogen and oxygen atoms in total. The molecule has 2 aromatic carbocycles. The molecule has 0 radical (unpaired) electrons. The zero-order valence-electron chi connectivity index (χ0n) is 12.7. The molecule has 0 aliphatic carbocycles. The Morgan fingerprint density at radius 3 is 2.71 bits per heavy atom. The smallest absolute Gasteiger partial charge is 0.180 e. The predicted molar refractivity (Wildman–Crippen MR) is 88.7 cm³/mol. The van der Waals surface area contributed by atoms with Crippen molar-refractivity contribution in [3.8, 4) is 5.75 Å². The van der Waals surface area contributed by atoms with E-state index in [4.69, 9.17) is 4.74 Å². The molecule has 0 heterocycles. The maximum atomic E-state index is 10.8. The second-order valence-corrected chi connectivity index (χ2v) is 5.89. The van der Waals surface area contributed by atoms with Gasteiger partial charge < -0.3 is 4.74 Å². The lowest BCUT2D eigenvalue weighted by molar-refractivity contribution is 0.300. The van der Waals surface area contributed by atoms with Gasteiger partial charge in [0.15, 0.2) is 5.62 Å². The van der Waals surface area contributed by atoms with Crippen LogP contribution in [0.4, 0.5) is 0 Å². The Morgan fingerprint density at radius 1 is 1.19 bits per heavy atom. The van der Waals surface area contributed by atoms with Crippen LogP contribution in [0.25, 0.3) is 0 Å². The van der Waals surface area contributed by atoms with Gasteiger partial charge in [-0.3, -0.25) is 4.79 Å². The summed E-state index contributed by atoms with van der Waals surface area (Å²) in [6.45, 7) is 6.71. The Balaban J connectivity index is 2.26. The molecule has 0 unspecified atom stereocenters. The summed E-state index contributed by atoms with van der Waals surface area (Å²) < 4.78 is 6.00. The van der Waals surface area contributed by atoms with Crippen LogP contribution in [0.2, 0.25) is 0 Å². The first-order valence-corrected chi connectivity index (χ1v) is 7.94. The van der Waals surface area contributed by atoms with E-state index in [-0.39, 0.29) is 0 Å². The van der Waals surface area contributed by atoms with Crippen molar-refractivity contribution in [1.82, 2.24) is 0 Å². The van der Waals surface area contributed by atoms with Crippen molar-refractivity contribution < 1.29 is 9.53 Å². The summed E-state index contributed by atoms with van der Waals surface area (Å²) in [5.74, 6) is 0.906. The molecular weight excluding hydrogens is 280 g/mol. The average Bonchev–Trinajstić information content (AvgIpc) is 2.49. The summed E-state index contributed by atoms with van der Waals surface area (Å²) in [7, 11) is 0. The van der Waals surface area contributed by atoms with Crippen LogP contribution >= 0.6 is 11.8 Å². The van der Waals surface area contributed by atoms with Gasteiger partial charge in [-0.05, 0) is 49.1 Å². The summed E-state index contributed by atoms with van der Waals surface area (Å²) in [4.78, 5) is 11.8. The van der Waals surface area contributed by atoms with Gasteiger partial charge in [0, 0.05) is 10.5 Å². The van der Waals surface area contributed by atoms with Crippen molar-refractivity contribution in [2.75, 3.05) is 0 Å². The lowest BCUT2D eigenvalue weighted by Crippen LogP contribution is -2.03. The Kier molecular flexibility index (Phi) is 5.45. The van der Waals surface area contributed by atoms with Crippen LogP contribution in [0.1, 0.15) is 29.2 Å². The topological polar surface area (TPSA) is 26.3 Å². The molecule has 0 aromatic heterocycles. The highest BCUT2D eigenvalue weighted by atomic mass is 32.2. The van der Waals surface area contributed by atoms with Crippen LogP contribution in [0.5, 0.6) is 5.75 Å². The first kappa shape index (κ1) is 15.6. The van der Waals surface area contributed by atoms with Gasteiger partial charge in [0.1, 0.15) is 12.4 Å². The van der Waals surface area contributed by atoms with E-state index in [0.29, 0.717) is 6.61 Å². The standard InChI is InChI=1S/C18H20O2S/c1-4-15-6-5-7-18(21-12-19)16(15)11-20-17-10-13(2)8-9-14(17)3/h5-10,12H,4,11H2,1-3H3. The second kappa shape index (κ2) is 7.32. The van der Waals surface area contributed by atoms with Crippen LogP contribution in [0.3, 0.4) is 0 Å². The van der Waals surface area contributed by atoms with Gasteiger partial charge in [0.2, 0.25) is 0 Å². The average molecular weight is 300 g/mol. The number of carbonyl (C=O) groups excluding carboxylic acids is 1. The molecule has 0 aliphatic heterocycles. The van der Waals surface area contributed by atoms with E-state index in [9.17, 15) is 4.79 Å². The lowest BCUT2D eigenvalue weighted by Gasteiger charge is -2.15. The van der Waals surface area contributed by atoms with E-state index in [1.165, 1.54) is 22.9 Å². The van der Waals surface area contributed by atoms with Crippen LogP contribution in [0.15, 0.2) is 41.3 Å². The number of rotatable bonds is 6. The fourth-order valence-corrected chi connectivity index (χ4v) is 2.87. The number of aryl methyl sites for hydroxylation is 3. The maximum absolute atomic E-state index is 10.8. The summed E-state index contributed by atoms with van der Waals surface area (Å²) in [6, 6.07) is 12.3. The molecule has 0 saturated heterocycles. The number of hydrogen-bond acceptors (Lipinski definition) is 3. The third kappa shape index (κ3) is 3.88. The van der Waals surface area contributed by atoms with Crippen LogP contribution in [0, 0.1) is 13.8 Å². The number of thioether (sulfide) groups is 1. The molecule has 0 aliphatic rings. The van der Waals surface area contributed by atoms with Crippen LogP contribution in [-0.2, 0) is 17.8 Å². The second-order valence-electron chi connectivity index (χ2n) is 5.02. The van der Waals surface area contributed by atoms with E-state index in [1.807, 2.05) is 19.1 Å². The molecule has 2 aromatic rings. The van der Waals surface area contributed by atoms with Gasteiger partial charge in [-0.15, -0.1) is 0 Å². The summed E-state index contributed by atoms with van der Waals surface area (Å²) >= 11 is 1.21. The first-order chi connectivity index (χ1) is 10.2. The minimum Gasteiger partial charge on any atom is -0.489 e. The molecular formula is C18H20O2S. The Bertz CT molecular complexity index is 635. The van der Waals surface area contributed by atoms with Gasteiger partial charge in [-0.2, -0.15) is 0 Å². The maximum Gasteiger partial charge on any atom is 0.180 e. The van der Waals surface area contributed by atoms with E-state index in [2.05, 4.69) is 38.1 Å². The zero-order chi connectivity index (χ0) is 15.2. The number of benzene rings is 2. The van der Waals surface area contributed by atoms with Crippen molar-refractivity contribution in [3.63, 3.8) is 0 Å². The highest BCUT2D eigenvalue weighted by Gasteiger charge is 2.09. The van der Waals surface area contributed by atoms with E-state index >= 15 is 0 Å². The minimum atomic E-state index is 0.491. The van der Waals surface area contributed by atoms with E-state index in [0.717, 1.165) is 33.8 Å². The van der Waals surface area contributed by atoms with Gasteiger partial charge in [0.25, 0.3) is 0 Å². The molecule has 21 heavy (non-hydrogen) atoms. The minimum absolute atomic E-state index is 0.491. The zero-order valence-corrected chi connectivity index (χ0v) is 13.5. The quantitative estimate of drug-likeness (QED) is 0.570. The Labute approximate surface area is 130 Å². The van der Waals surface area contributed by atoms with Gasteiger partial charge in [-0.1, -0.05) is 43.0 Å². The predicted octanol–water partition coefficient (Wildman–Crippen LogP) is 4.73. The number of hydrogen-bond donors (Lipinski definition) is 0. The van der Waals surface area contributed by atoms with E-state index in [1.54, 1.807) is 0 Å². The van der Waals surface area contributed by atoms with Gasteiger partial charge in [-0.25, -0.2) is 0 Å². The van der Waals surface area contributed by atoms with Gasteiger partial charge >= 0.3 is 0 Å². The molecule has 0 spiro atoms. The van der Waals surface area contributed by atoms with Crippen molar-refractivity contribution in [1.29, 1.82) is 0 Å². The van der Waals surface area contributed by atoms with Crippen molar-refractivity contribution >= 4 is 17.4 Å². The van der Waals surface area contributed by atoms with E-state index < -0.39 is 0 Å². The van der Waals surface area contributed by atoms with Crippen molar-refractivity contribution in [3.05, 3.63) is 58.7 Å². The Morgan fingerprint density at radius 2 is 2.00 bits per heavy atom. The van der Waals surface area contributed by atoms with Gasteiger partial charge in [0.05, 0.1) is 0 Å². The summed E-state index contributed by atoms with van der Waals surface area (Å²) in [6.07, 6.45) is 0.929. The molecule has 0 bridgehead atoms. The molecule has 0 amide bonds. The van der Waals surface area contributed by atoms with Crippen LogP contribution in [-0.4, -0.2) is 5.62 Å². The fourth-order valence-electron chi connectivity index (χ4n) is 2.28. The first-order valence-electron chi connectivity index (χ1n) is 7.06. The number of carbonyl (C=O) groups is 1. The van der Waals surface area contributed by atoms with Crippen molar-refractivity contribution in [2.45, 2.75) is 38.7 Å². The molecule has 0 N–H and O–H groups in total. The third-order valence-corrected chi connectivity index (χ3v) is 4.23. The molecule has 3 heteroatoms. The molecule has 110 valence electrons. The Hall–Kier alpha value is -1.74. The normalized spacial score (nSPS) is 10.4. The van der Waals surface area contributed by atoms with Crippen LogP contribution < -0.4 is 4.74 Å². The molecule has 0 fully saturated rings. The lowest BCUT2D eigenvalue weighted by atomic mass is 10.1. The summed E-state index contributed by atoms with van der Waals surface area (Å²) in [5, 5.41) is 0. The third-order valence-electron chi connectivity index (χ3n) is 3.50. The molecule has 2 rings (SSSR count). The molecule has 0 saturated carbocycles. The highest BCUT2D eigenvalue weighted by molar-refractivity contribution is 8.11. The summed E-state index contributed by atoms with van der Waals surface area (Å²) in [5.41, 5.74) is 5.52. The highest BCUT2D eigenvalue weighted by Crippen LogP contribution is 2.27. The fraction of sp³-hybridized carbons (Fsp3) is 0.278. The largest absolute Gasteiger partial charge is 0.489 e. The number of ether oxygens (including phenoxy) is 1. The molecule has 0 atom stereocenters. The monoisotopic (exact) mass is 300 g/mol.